The van der Waals surface area contributed by atoms with Crippen molar-refractivity contribution in [3.8, 4) is 0 Å². The van der Waals surface area contributed by atoms with Crippen LogP contribution in [0.1, 0.15) is 5.56 Å². The normalized spacial score (nSPS) is 22.5. The van der Waals surface area contributed by atoms with Crippen molar-refractivity contribution in [2.45, 2.75) is 5.60 Å². The van der Waals surface area contributed by atoms with Crippen LogP contribution in [0, 0.1) is 0 Å². The molecule has 0 aromatic heterocycles. The van der Waals surface area contributed by atoms with Crippen LogP contribution in [0.25, 0.3) is 0 Å². The molecular formula is C12H10BrNO3. The average Bonchev–Trinajstić information content (AvgIpc) is 2.51. The summed E-state index contributed by atoms with van der Waals surface area (Å²) in [5.74, 6) is -0.567. The number of aldehydes is 1. The summed E-state index contributed by atoms with van der Waals surface area (Å²) in [5.41, 5.74) is -1.15. The summed E-state index contributed by atoms with van der Waals surface area (Å²) in [6.07, 6.45) is 0.406. The van der Waals surface area contributed by atoms with E-state index in [1.54, 1.807) is 25.2 Å². The van der Waals surface area contributed by atoms with Crippen molar-refractivity contribution in [2.75, 3.05) is 11.9 Å². The lowest BCUT2D eigenvalue weighted by atomic mass is 9.89. The molecule has 1 aliphatic rings. The van der Waals surface area contributed by atoms with Crippen LogP contribution >= 0.6 is 15.9 Å². The number of anilines is 1. The minimum absolute atomic E-state index is 0.157. The van der Waals surface area contributed by atoms with Crippen LogP contribution in [0.4, 0.5) is 5.69 Å². The van der Waals surface area contributed by atoms with Gasteiger partial charge in [0.1, 0.15) is 6.29 Å². The monoisotopic (exact) mass is 295 g/mol. The third-order valence-corrected chi connectivity index (χ3v) is 3.43. The Hall–Kier alpha value is -1.46. The van der Waals surface area contributed by atoms with Gasteiger partial charge in [-0.3, -0.25) is 9.59 Å². The maximum absolute atomic E-state index is 12.0. The van der Waals surface area contributed by atoms with Crippen LogP contribution in [-0.2, 0) is 15.2 Å². The van der Waals surface area contributed by atoms with E-state index >= 15 is 0 Å². The maximum Gasteiger partial charge on any atom is 0.268 e. The van der Waals surface area contributed by atoms with Gasteiger partial charge in [-0.2, -0.15) is 0 Å². The Bertz CT molecular complexity index is 541. The number of carbonyl (C=O) groups is 2. The number of hydrogen-bond donors (Lipinski definition) is 1. The molecule has 88 valence electrons. The zero-order chi connectivity index (χ0) is 12.8. The van der Waals surface area contributed by atoms with Gasteiger partial charge in [-0.15, -0.1) is 0 Å². The summed E-state index contributed by atoms with van der Waals surface area (Å²) in [4.78, 5) is 24.1. The van der Waals surface area contributed by atoms with Gasteiger partial charge >= 0.3 is 0 Å². The average molecular weight is 296 g/mol. The third kappa shape index (κ3) is 1.46. The molecular weight excluding hydrogens is 286 g/mol. The summed E-state index contributed by atoms with van der Waals surface area (Å²) in [7, 11) is 1.55. The number of rotatable bonds is 2. The molecule has 4 nitrogen and oxygen atoms in total. The summed E-state index contributed by atoms with van der Waals surface area (Å²) in [6.45, 7) is 3.46. The molecule has 0 bridgehead atoms. The second kappa shape index (κ2) is 3.78. The lowest BCUT2D eigenvalue weighted by Gasteiger charge is -2.20. The summed E-state index contributed by atoms with van der Waals surface area (Å²) < 4.78 is 0.789. The van der Waals surface area contributed by atoms with E-state index in [-0.39, 0.29) is 5.57 Å². The number of fused-ring (bicyclic) bond motifs is 1. The van der Waals surface area contributed by atoms with E-state index < -0.39 is 11.5 Å². The van der Waals surface area contributed by atoms with E-state index in [2.05, 4.69) is 22.5 Å². The zero-order valence-corrected chi connectivity index (χ0v) is 10.7. The summed E-state index contributed by atoms with van der Waals surface area (Å²) in [5, 5.41) is 10.4. The fraction of sp³-hybridized carbons (Fsp3) is 0.167. The van der Waals surface area contributed by atoms with E-state index in [0.29, 0.717) is 17.5 Å². The van der Waals surface area contributed by atoms with Gasteiger partial charge in [0.05, 0.1) is 5.69 Å². The molecule has 2 rings (SSSR count). The molecule has 0 aliphatic carbocycles. The molecule has 1 atom stereocenters. The predicted octanol–water partition coefficient (Wildman–Crippen LogP) is 1.37. The molecule has 17 heavy (non-hydrogen) atoms. The number of hydrogen-bond acceptors (Lipinski definition) is 3. The first-order valence-corrected chi connectivity index (χ1v) is 5.67. The van der Waals surface area contributed by atoms with E-state index in [9.17, 15) is 14.7 Å². The lowest BCUT2D eigenvalue weighted by molar-refractivity contribution is -0.133. The first-order chi connectivity index (χ1) is 7.92. The number of likely N-dealkylation sites (N-methyl/N-ethyl adjacent to an activating group) is 1. The molecule has 5 heteroatoms. The summed E-state index contributed by atoms with van der Waals surface area (Å²) >= 11 is 3.29. The molecule has 0 saturated carbocycles. The second-order valence-electron chi connectivity index (χ2n) is 3.88. The van der Waals surface area contributed by atoms with Crippen LogP contribution in [0.3, 0.4) is 0 Å². The minimum Gasteiger partial charge on any atom is -0.372 e. The Morgan fingerprint density at radius 3 is 2.82 bits per heavy atom. The quantitative estimate of drug-likeness (QED) is 0.662. The number of carbonyl (C=O) groups excluding carboxylic acids is 2. The van der Waals surface area contributed by atoms with Crippen molar-refractivity contribution in [1.82, 2.24) is 0 Å². The van der Waals surface area contributed by atoms with Crippen molar-refractivity contribution < 1.29 is 14.7 Å². The Balaban J connectivity index is 2.71. The third-order valence-electron chi connectivity index (χ3n) is 2.93. The highest BCUT2D eigenvalue weighted by molar-refractivity contribution is 9.10. The lowest BCUT2D eigenvalue weighted by Crippen LogP contribution is -2.40. The van der Waals surface area contributed by atoms with E-state index in [0.717, 1.165) is 4.47 Å². The van der Waals surface area contributed by atoms with Crippen molar-refractivity contribution in [3.63, 3.8) is 0 Å². The Kier molecular flexibility index (Phi) is 2.67. The number of aliphatic hydroxyl groups is 1. The predicted molar refractivity (Wildman–Crippen MR) is 66.7 cm³/mol. The molecule has 1 aromatic carbocycles. The fourth-order valence-electron chi connectivity index (χ4n) is 1.95. The summed E-state index contributed by atoms with van der Waals surface area (Å²) in [6, 6.07) is 5.02. The number of halogens is 1. The Morgan fingerprint density at radius 1 is 1.59 bits per heavy atom. The first kappa shape index (κ1) is 12.0. The fourth-order valence-corrected chi connectivity index (χ4v) is 2.30. The van der Waals surface area contributed by atoms with Crippen molar-refractivity contribution in [3.05, 3.63) is 40.4 Å². The molecule has 1 aromatic rings. The van der Waals surface area contributed by atoms with Crippen LogP contribution in [0.2, 0.25) is 0 Å². The molecule has 1 amide bonds. The van der Waals surface area contributed by atoms with Gasteiger partial charge in [0.15, 0.2) is 5.60 Å². The topological polar surface area (TPSA) is 57.6 Å². The molecule has 0 spiro atoms. The molecule has 1 heterocycles. The Labute approximate surface area is 107 Å². The largest absolute Gasteiger partial charge is 0.372 e. The van der Waals surface area contributed by atoms with Gasteiger partial charge in [0, 0.05) is 22.7 Å². The van der Waals surface area contributed by atoms with Crippen LogP contribution in [0.15, 0.2) is 34.8 Å². The number of nitrogens with zero attached hydrogens (tertiary/aromatic N) is 1. The molecule has 0 fully saturated rings. The van der Waals surface area contributed by atoms with E-state index in [1.165, 1.54) is 4.90 Å². The standard InChI is InChI=1S/C12H10BrNO3/c1-7(6-15)12(17)9-4-3-8(13)5-10(9)14(2)11(12)16/h3-6,17H,1H2,2H3. The van der Waals surface area contributed by atoms with Crippen molar-refractivity contribution in [1.29, 1.82) is 0 Å². The molecule has 1 aliphatic heterocycles. The highest BCUT2D eigenvalue weighted by Crippen LogP contribution is 2.43. The first-order valence-electron chi connectivity index (χ1n) is 4.88. The number of benzene rings is 1. The molecule has 0 saturated heterocycles. The van der Waals surface area contributed by atoms with Crippen molar-refractivity contribution in [2.24, 2.45) is 0 Å². The van der Waals surface area contributed by atoms with Crippen molar-refractivity contribution >= 4 is 33.8 Å². The zero-order valence-electron chi connectivity index (χ0n) is 9.11. The van der Waals surface area contributed by atoms with Crippen LogP contribution in [-0.4, -0.2) is 24.3 Å². The molecule has 0 radical (unpaired) electrons. The Morgan fingerprint density at radius 2 is 2.24 bits per heavy atom. The van der Waals surface area contributed by atoms with E-state index in [1.807, 2.05) is 0 Å². The van der Waals surface area contributed by atoms with Gasteiger partial charge in [-0.05, 0) is 12.1 Å². The smallest absolute Gasteiger partial charge is 0.268 e. The number of amides is 1. The van der Waals surface area contributed by atoms with Gasteiger partial charge in [0.2, 0.25) is 0 Å². The van der Waals surface area contributed by atoms with E-state index in [4.69, 9.17) is 0 Å². The van der Waals surface area contributed by atoms with Gasteiger partial charge in [-0.1, -0.05) is 28.6 Å². The van der Waals surface area contributed by atoms with Crippen LogP contribution in [0.5, 0.6) is 0 Å². The SMILES string of the molecule is C=C(C=O)C1(O)C(=O)N(C)c2cc(Br)ccc21. The maximum atomic E-state index is 12.0. The molecule has 1 unspecified atom stereocenters. The highest BCUT2D eigenvalue weighted by Gasteiger charge is 2.50. The van der Waals surface area contributed by atoms with Gasteiger partial charge in [0.25, 0.3) is 5.91 Å². The van der Waals surface area contributed by atoms with Gasteiger partial charge in [-0.25, -0.2) is 0 Å². The molecule has 1 N–H and O–H groups in total. The van der Waals surface area contributed by atoms with Gasteiger partial charge < -0.3 is 10.0 Å². The second-order valence-corrected chi connectivity index (χ2v) is 4.79. The van der Waals surface area contributed by atoms with Crippen LogP contribution < -0.4 is 4.90 Å². The minimum atomic E-state index is -1.94. The highest BCUT2D eigenvalue weighted by atomic mass is 79.9.